The van der Waals surface area contributed by atoms with E-state index in [-0.39, 0.29) is 5.25 Å². The number of nitriles is 1. The second kappa shape index (κ2) is 5.31. The summed E-state index contributed by atoms with van der Waals surface area (Å²) < 4.78 is 5.61. The van der Waals surface area contributed by atoms with Crippen LogP contribution in [0.25, 0.3) is 0 Å². The van der Waals surface area contributed by atoms with Crippen molar-refractivity contribution in [1.29, 1.82) is 5.26 Å². The molecule has 0 aliphatic carbocycles. The molecule has 0 saturated carbocycles. The van der Waals surface area contributed by atoms with Crippen molar-refractivity contribution in [1.82, 2.24) is 9.97 Å². The minimum absolute atomic E-state index is 0.175. The Bertz CT molecular complexity index is 868. The summed E-state index contributed by atoms with van der Waals surface area (Å²) >= 11 is 7.45. The zero-order valence-electron chi connectivity index (χ0n) is 10.5. The molecule has 0 spiro atoms. The van der Waals surface area contributed by atoms with E-state index in [0.717, 1.165) is 4.90 Å². The number of nitrogens with one attached hydrogen (secondary N) is 2. The van der Waals surface area contributed by atoms with E-state index < -0.39 is 11.1 Å². The molecule has 0 amide bonds. The highest BCUT2D eigenvalue weighted by Crippen LogP contribution is 2.45. The summed E-state index contributed by atoms with van der Waals surface area (Å²) in [4.78, 5) is 28.1. The molecule has 6 nitrogen and oxygen atoms in total. The van der Waals surface area contributed by atoms with Crippen LogP contribution >= 0.6 is 23.4 Å². The third kappa shape index (κ3) is 2.55. The molecule has 3 rings (SSSR count). The number of fused-ring (bicyclic) bond motifs is 1. The number of benzene rings is 1. The van der Waals surface area contributed by atoms with E-state index in [1.54, 1.807) is 12.1 Å². The van der Waals surface area contributed by atoms with E-state index in [4.69, 9.17) is 21.6 Å². The first-order valence-corrected chi connectivity index (χ1v) is 7.19. The molecule has 1 aliphatic heterocycles. The van der Waals surface area contributed by atoms with Gasteiger partial charge in [0, 0.05) is 12.3 Å². The molecule has 1 atom stereocenters. The average Bonchev–Trinajstić information content (AvgIpc) is 2.48. The number of hydrogen-bond donors (Lipinski definition) is 2. The van der Waals surface area contributed by atoms with Gasteiger partial charge in [-0.1, -0.05) is 11.6 Å². The maximum Gasteiger partial charge on any atom is 0.313 e. The number of hydrogen-bond acceptors (Lipinski definition) is 5. The molecule has 21 heavy (non-hydrogen) atoms. The van der Waals surface area contributed by atoms with E-state index in [1.165, 1.54) is 18.0 Å². The van der Waals surface area contributed by atoms with Crippen LogP contribution in [0.1, 0.15) is 16.5 Å². The van der Waals surface area contributed by atoms with Gasteiger partial charge < -0.3 is 14.7 Å². The monoisotopic (exact) mass is 321 g/mol. The number of aromatic amines is 2. The van der Waals surface area contributed by atoms with Crippen molar-refractivity contribution in [3.05, 3.63) is 55.3 Å². The predicted molar refractivity (Wildman–Crippen MR) is 77.9 cm³/mol. The van der Waals surface area contributed by atoms with E-state index in [0.29, 0.717) is 28.6 Å². The third-order valence-corrected chi connectivity index (χ3v) is 4.54. The third-order valence-electron chi connectivity index (χ3n) is 2.98. The Morgan fingerprint density at radius 2 is 2.19 bits per heavy atom. The molecule has 2 aromatic rings. The van der Waals surface area contributed by atoms with Crippen LogP contribution in [-0.2, 0) is 0 Å². The summed E-state index contributed by atoms with van der Waals surface area (Å²) in [7, 11) is 0. The van der Waals surface area contributed by atoms with Crippen molar-refractivity contribution in [3.63, 3.8) is 0 Å². The Morgan fingerprint density at radius 3 is 2.90 bits per heavy atom. The maximum atomic E-state index is 11.4. The first-order valence-electron chi connectivity index (χ1n) is 5.93. The van der Waals surface area contributed by atoms with Gasteiger partial charge in [0.2, 0.25) is 0 Å². The largest absolute Gasteiger partial charge is 0.491 e. The second-order valence-corrected chi connectivity index (χ2v) is 5.99. The molecule has 2 N–H and O–H groups in total. The van der Waals surface area contributed by atoms with Crippen molar-refractivity contribution in [2.24, 2.45) is 0 Å². The van der Waals surface area contributed by atoms with Crippen molar-refractivity contribution in [2.75, 3.05) is 6.61 Å². The number of thioether (sulfide) groups is 1. The van der Waals surface area contributed by atoms with Crippen LogP contribution < -0.4 is 15.9 Å². The van der Waals surface area contributed by atoms with Crippen LogP contribution in [0.2, 0.25) is 5.02 Å². The topological polar surface area (TPSA) is 98.7 Å². The smallest absolute Gasteiger partial charge is 0.313 e. The molecule has 1 aliphatic rings. The van der Waals surface area contributed by atoms with Gasteiger partial charge in [-0.15, -0.1) is 11.8 Å². The fraction of sp³-hybridized carbons (Fsp3) is 0.154. The molecule has 1 aromatic carbocycles. The summed E-state index contributed by atoms with van der Waals surface area (Å²) in [5.74, 6) is 0.587. The van der Waals surface area contributed by atoms with Crippen LogP contribution in [0.3, 0.4) is 0 Å². The summed E-state index contributed by atoms with van der Waals surface area (Å²) in [5, 5.41) is 9.11. The van der Waals surface area contributed by atoms with Crippen molar-refractivity contribution in [2.45, 2.75) is 10.1 Å². The molecule has 106 valence electrons. The Morgan fingerprint density at radius 1 is 1.38 bits per heavy atom. The van der Waals surface area contributed by atoms with Crippen LogP contribution in [-0.4, -0.2) is 16.6 Å². The van der Waals surface area contributed by atoms with Gasteiger partial charge in [-0.2, -0.15) is 5.26 Å². The Kier molecular flexibility index (Phi) is 3.49. The number of aromatic nitrogens is 2. The minimum atomic E-state index is -0.697. The van der Waals surface area contributed by atoms with Crippen LogP contribution in [0.15, 0.2) is 32.8 Å². The van der Waals surface area contributed by atoms with Gasteiger partial charge >= 0.3 is 11.1 Å². The maximum absolute atomic E-state index is 11.4. The second-order valence-electron chi connectivity index (χ2n) is 4.34. The van der Waals surface area contributed by atoms with Gasteiger partial charge in [-0.25, -0.2) is 0 Å². The van der Waals surface area contributed by atoms with E-state index in [9.17, 15) is 9.59 Å². The van der Waals surface area contributed by atoms with Crippen LogP contribution in [0.5, 0.6) is 5.75 Å². The minimum Gasteiger partial charge on any atom is -0.491 e. The number of nitrogens with zero attached hydrogens (tertiary/aromatic N) is 1. The van der Waals surface area contributed by atoms with Gasteiger partial charge in [-0.3, -0.25) is 9.59 Å². The zero-order valence-corrected chi connectivity index (χ0v) is 12.0. The van der Waals surface area contributed by atoms with Crippen molar-refractivity contribution < 1.29 is 4.74 Å². The number of rotatable bonds is 1. The van der Waals surface area contributed by atoms with Gasteiger partial charge in [0.15, 0.2) is 0 Å². The van der Waals surface area contributed by atoms with E-state index in [2.05, 4.69) is 9.97 Å². The lowest BCUT2D eigenvalue weighted by Crippen LogP contribution is -2.31. The number of H-pyrrole nitrogens is 2. The zero-order chi connectivity index (χ0) is 15.0. The molecule has 2 heterocycles. The normalized spacial score (nSPS) is 16.7. The molecule has 0 bridgehead atoms. The highest BCUT2D eigenvalue weighted by atomic mass is 35.5. The molecular formula is C13H8ClN3O3S. The molecule has 0 radical (unpaired) electrons. The molecule has 0 fully saturated rings. The van der Waals surface area contributed by atoms with Gasteiger partial charge in [0.1, 0.15) is 18.4 Å². The number of ether oxygens (including phenoxy) is 1. The average molecular weight is 322 g/mol. The van der Waals surface area contributed by atoms with Crippen LogP contribution in [0, 0.1) is 11.3 Å². The molecule has 0 saturated heterocycles. The summed E-state index contributed by atoms with van der Waals surface area (Å²) in [5.41, 5.74) is -0.470. The SMILES string of the molecule is N#Cc1cc2c(cc1Cl)S[C@H](c1c[nH]c(=O)c(=O)[nH]1)CO2. The lowest BCUT2D eigenvalue weighted by molar-refractivity contribution is 0.302. The van der Waals surface area contributed by atoms with Crippen LogP contribution in [0.4, 0.5) is 0 Å². The standard InChI is InChI=1S/C13H8ClN3O3S/c14-7-2-10-9(1-6(7)3-15)20-5-11(21-10)8-4-16-12(18)13(19)17-8/h1-2,4,11H,5H2,(H,16,18)(H,17,19)/t11-/m0/s1. The fourth-order valence-corrected chi connectivity index (χ4v) is 3.33. The summed E-state index contributed by atoms with van der Waals surface area (Å²) in [6.45, 7) is 0.312. The summed E-state index contributed by atoms with van der Waals surface area (Å²) in [6, 6.07) is 5.25. The van der Waals surface area contributed by atoms with Crippen molar-refractivity contribution >= 4 is 23.4 Å². The molecule has 1 aromatic heterocycles. The Labute approximate surface area is 127 Å². The Hall–Kier alpha value is -2.17. The quantitative estimate of drug-likeness (QED) is 0.780. The van der Waals surface area contributed by atoms with E-state index in [1.807, 2.05) is 6.07 Å². The Balaban J connectivity index is 1.96. The highest BCUT2D eigenvalue weighted by Gasteiger charge is 2.24. The lowest BCUT2D eigenvalue weighted by atomic mass is 10.2. The molecule has 8 heteroatoms. The van der Waals surface area contributed by atoms with Gasteiger partial charge in [-0.05, 0) is 6.07 Å². The van der Waals surface area contributed by atoms with Gasteiger partial charge in [0.25, 0.3) is 0 Å². The van der Waals surface area contributed by atoms with E-state index >= 15 is 0 Å². The van der Waals surface area contributed by atoms with Crippen molar-refractivity contribution in [3.8, 4) is 11.8 Å². The number of halogens is 1. The highest BCUT2D eigenvalue weighted by molar-refractivity contribution is 7.99. The summed E-state index contributed by atoms with van der Waals surface area (Å²) in [6.07, 6.45) is 1.46. The first-order chi connectivity index (χ1) is 10.1. The lowest BCUT2D eigenvalue weighted by Gasteiger charge is -2.24. The molecular weight excluding hydrogens is 314 g/mol. The fourth-order valence-electron chi connectivity index (χ4n) is 1.94. The first kappa shape index (κ1) is 13.8. The van der Waals surface area contributed by atoms with Gasteiger partial charge in [0.05, 0.1) is 26.4 Å². The predicted octanol–water partition coefficient (Wildman–Crippen LogP) is 1.81. The molecule has 0 unspecified atom stereocenters.